The maximum atomic E-state index is 5.94. The maximum absolute atomic E-state index is 5.94. The van der Waals surface area contributed by atoms with Gasteiger partial charge >= 0.3 is 0 Å². The van der Waals surface area contributed by atoms with E-state index in [0.29, 0.717) is 12.1 Å². The first-order valence-electron chi connectivity index (χ1n) is 7.32. The van der Waals surface area contributed by atoms with Crippen molar-refractivity contribution in [2.45, 2.75) is 38.3 Å². The Morgan fingerprint density at radius 1 is 1.50 bits per heavy atom. The summed E-state index contributed by atoms with van der Waals surface area (Å²) in [5.41, 5.74) is 0.220. The molecule has 2 atom stereocenters. The highest BCUT2D eigenvalue weighted by atomic mass is 79.9. The quantitative estimate of drug-likeness (QED) is 0.913. The molecule has 1 aliphatic carbocycles. The lowest BCUT2D eigenvalue weighted by Gasteiger charge is -2.57. The van der Waals surface area contributed by atoms with Crippen molar-refractivity contribution in [1.82, 2.24) is 4.98 Å². The minimum Gasteiger partial charge on any atom is -0.381 e. The Labute approximate surface area is 128 Å². The Hall–Kier alpha value is -0.650. The highest BCUT2D eigenvalue weighted by Crippen LogP contribution is 2.51. The number of rotatable bonds is 4. The number of anilines is 1. The van der Waals surface area contributed by atoms with E-state index in [-0.39, 0.29) is 5.41 Å². The molecule has 110 valence electrons. The van der Waals surface area contributed by atoms with E-state index in [1.165, 1.54) is 0 Å². The molecule has 1 saturated carbocycles. The van der Waals surface area contributed by atoms with E-state index in [4.69, 9.17) is 9.47 Å². The number of pyridine rings is 1. The smallest absolute Gasteiger partial charge is 0.127 e. The van der Waals surface area contributed by atoms with Gasteiger partial charge in [-0.3, -0.25) is 0 Å². The van der Waals surface area contributed by atoms with Crippen LogP contribution in [0.25, 0.3) is 0 Å². The van der Waals surface area contributed by atoms with Gasteiger partial charge in [0.15, 0.2) is 0 Å². The summed E-state index contributed by atoms with van der Waals surface area (Å²) in [6.07, 6.45) is 5.39. The molecular weight excluding hydrogens is 320 g/mol. The summed E-state index contributed by atoms with van der Waals surface area (Å²) in [6, 6.07) is 4.41. The van der Waals surface area contributed by atoms with Crippen molar-refractivity contribution in [3.8, 4) is 0 Å². The summed E-state index contributed by atoms with van der Waals surface area (Å²) in [5.74, 6) is 0.935. The van der Waals surface area contributed by atoms with Gasteiger partial charge in [0.05, 0.1) is 6.10 Å². The molecule has 5 heteroatoms. The minimum atomic E-state index is 0.220. The number of nitrogens with one attached hydrogen (secondary N) is 1. The predicted molar refractivity (Wildman–Crippen MR) is 81.9 cm³/mol. The summed E-state index contributed by atoms with van der Waals surface area (Å²) < 4.78 is 12.5. The molecule has 2 fully saturated rings. The third-order valence-electron chi connectivity index (χ3n) is 4.62. The van der Waals surface area contributed by atoms with E-state index < -0.39 is 0 Å². The third kappa shape index (κ3) is 2.59. The highest BCUT2D eigenvalue weighted by molar-refractivity contribution is 9.10. The summed E-state index contributed by atoms with van der Waals surface area (Å²) >= 11 is 3.49. The van der Waals surface area contributed by atoms with Gasteiger partial charge in [0, 0.05) is 41.9 Å². The van der Waals surface area contributed by atoms with Crippen LogP contribution in [0.4, 0.5) is 5.82 Å². The topological polar surface area (TPSA) is 43.4 Å². The average Bonchev–Trinajstić information content (AvgIpc) is 2.47. The molecule has 0 aromatic carbocycles. The summed E-state index contributed by atoms with van der Waals surface area (Å²) in [6.45, 7) is 4.54. The second-order valence-corrected chi connectivity index (χ2v) is 6.50. The molecular formula is C15H21BrN2O2. The van der Waals surface area contributed by atoms with Gasteiger partial charge < -0.3 is 14.8 Å². The zero-order valence-corrected chi connectivity index (χ0v) is 13.4. The molecule has 1 aliphatic heterocycles. The van der Waals surface area contributed by atoms with E-state index in [0.717, 1.165) is 49.4 Å². The third-order valence-corrected chi connectivity index (χ3v) is 5.11. The number of hydrogen-bond donors (Lipinski definition) is 1. The monoisotopic (exact) mass is 340 g/mol. The zero-order chi connectivity index (χ0) is 14.0. The highest BCUT2D eigenvalue weighted by Gasteiger charge is 2.56. The summed E-state index contributed by atoms with van der Waals surface area (Å²) in [4.78, 5) is 4.40. The molecule has 3 rings (SSSR count). The largest absolute Gasteiger partial charge is 0.381 e. The van der Waals surface area contributed by atoms with Crippen LogP contribution in [0.3, 0.4) is 0 Å². The second-order valence-electron chi connectivity index (χ2n) is 5.58. The number of ether oxygens (including phenoxy) is 2. The van der Waals surface area contributed by atoms with E-state index in [2.05, 4.69) is 33.2 Å². The molecule has 1 N–H and O–H groups in total. The lowest BCUT2D eigenvalue weighted by molar-refractivity contribution is -0.159. The molecule has 0 unspecified atom stereocenters. The average molecular weight is 341 g/mol. The Morgan fingerprint density at radius 3 is 3.00 bits per heavy atom. The molecule has 2 heterocycles. The fourth-order valence-corrected chi connectivity index (χ4v) is 3.80. The summed E-state index contributed by atoms with van der Waals surface area (Å²) in [5, 5.41) is 3.59. The SMILES string of the molecule is CCO[C@H]1C[C@@H](Nc2cc(Br)ccn2)C12CCOCC2. The molecule has 1 spiro atoms. The second kappa shape index (κ2) is 6.00. The van der Waals surface area contributed by atoms with E-state index in [1.54, 1.807) is 0 Å². The van der Waals surface area contributed by atoms with Gasteiger partial charge in [-0.05, 0) is 38.3 Å². The lowest BCUT2D eigenvalue weighted by atomic mass is 9.57. The van der Waals surface area contributed by atoms with Gasteiger partial charge in [-0.2, -0.15) is 0 Å². The Balaban J connectivity index is 1.73. The molecule has 2 aliphatic rings. The molecule has 0 radical (unpaired) electrons. The lowest BCUT2D eigenvalue weighted by Crippen LogP contribution is -2.63. The predicted octanol–water partition coefficient (Wildman–Crippen LogP) is 3.23. The molecule has 0 bridgehead atoms. The van der Waals surface area contributed by atoms with Crippen LogP contribution in [0.1, 0.15) is 26.2 Å². The van der Waals surface area contributed by atoms with Crippen molar-refractivity contribution in [3.63, 3.8) is 0 Å². The van der Waals surface area contributed by atoms with Gasteiger partial charge in [-0.1, -0.05) is 15.9 Å². The van der Waals surface area contributed by atoms with Gasteiger partial charge in [0.1, 0.15) is 5.82 Å². The van der Waals surface area contributed by atoms with Gasteiger partial charge in [0.25, 0.3) is 0 Å². The molecule has 1 saturated heterocycles. The van der Waals surface area contributed by atoms with Crippen LogP contribution >= 0.6 is 15.9 Å². The first-order valence-corrected chi connectivity index (χ1v) is 8.11. The van der Waals surface area contributed by atoms with Gasteiger partial charge in [-0.15, -0.1) is 0 Å². The number of nitrogens with zero attached hydrogens (tertiary/aromatic N) is 1. The Bertz CT molecular complexity index is 463. The first kappa shape index (κ1) is 14.3. The Morgan fingerprint density at radius 2 is 2.30 bits per heavy atom. The number of aromatic nitrogens is 1. The van der Waals surface area contributed by atoms with E-state index in [1.807, 2.05) is 18.3 Å². The number of halogens is 1. The fourth-order valence-electron chi connectivity index (χ4n) is 3.47. The molecule has 0 amide bonds. The molecule has 1 aromatic rings. The van der Waals surface area contributed by atoms with Crippen molar-refractivity contribution in [1.29, 1.82) is 0 Å². The van der Waals surface area contributed by atoms with Crippen LogP contribution in [-0.4, -0.2) is 37.0 Å². The normalized spacial score (nSPS) is 28.1. The van der Waals surface area contributed by atoms with Crippen molar-refractivity contribution in [2.75, 3.05) is 25.1 Å². The summed E-state index contributed by atoms with van der Waals surface area (Å²) in [7, 11) is 0. The van der Waals surface area contributed by atoms with Crippen LogP contribution in [0, 0.1) is 5.41 Å². The standard InChI is InChI=1S/C15H21BrN2O2/c1-2-20-13-10-12(15(13)4-7-19-8-5-15)18-14-9-11(16)3-6-17-14/h3,6,9,12-13H,2,4-5,7-8,10H2,1H3,(H,17,18)/t12-,13+/m1/s1. The van der Waals surface area contributed by atoms with Crippen LogP contribution < -0.4 is 5.32 Å². The zero-order valence-electron chi connectivity index (χ0n) is 11.8. The van der Waals surface area contributed by atoms with Gasteiger partial charge in [0.2, 0.25) is 0 Å². The molecule has 20 heavy (non-hydrogen) atoms. The van der Waals surface area contributed by atoms with Crippen LogP contribution in [0.2, 0.25) is 0 Å². The van der Waals surface area contributed by atoms with E-state index >= 15 is 0 Å². The van der Waals surface area contributed by atoms with Crippen molar-refractivity contribution in [2.24, 2.45) is 5.41 Å². The number of hydrogen-bond acceptors (Lipinski definition) is 4. The molecule has 1 aromatic heterocycles. The fraction of sp³-hybridized carbons (Fsp3) is 0.667. The van der Waals surface area contributed by atoms with Crippen molar-refractivity contribution in [3.05, 3.63) is 22.8 Å². The first-order chi connectivity index (χ1) is 9.74. The maximum Gasteiger partial charge on any atom is 0.127 e. The van der Waals surface area contributed by atoms with Gasteiger partial charge in [-0.25, -0.2) is 4.98 Å². The van der Waals surface area contributed by atoms with Crippen LogP contribution in [0.15, 0.2) is 22.8 Å². The van der Waals surface area contributed by atoms with Crippen LogP contribution in [-0.2, 0) is 9.47 Å². The van der Waals surface area contributed by atoms with Crippen molar-refractivity contribution >= 4 is 21.7 Å². The van der Waals surface area contributed by atoms with Crippen LogP contribution in [0.5, 0.6) is 0 Å². The van der Waals surface area contributed by atoms with E-state index in [9.17, 15) is 0 Å². The minimum absolute atomic E-state index is 0.220. The van der Waals surface area contributed by atoms with Crippen molar-refractivity contribution < 1.29 is 9.47 Å². The molecule has 4 nitrogen and oxygen atoms in total. The Kier molecular flexibility index (Phi) is 4.29.